The Labute approximate surface area is 169 Å². The molecule has 0 unspecified atom stereocenters. The molecule has 3 heterocycles. The molecule has 2 fully saturated rings. The van der Waals surface area contributed by atoms with Gasteiger partial charge in [-0.05, 0) is 25.1 Å². The summed E-state index contributed by atoms with van der Waals surface area (Å²) in [5.41, 5.74) is 0.944. The molecule has 154 valence electrons. The van der Waals surface area contributed by atoms with E-state index in [1.165, 1.54) is 6.07 Å². The molecule has 2 amide bonds. The predicted molar refractivity (Wildman–Crippen MR) is 109 cm³/mol. The first kappa shape index (κ1) is 19.4. The number of rotatable bonds is 3. The molecule has 0 aliphatic carbocycles. The summed E-state index contributed by atoms with van der Waals surface area (Å²) in [5, 5.41) is 2.81. The monoisotopic (exact) mass is 400 g/mol. The van der Waals surface area contributed by atoms with E-state index in [-0.39, 0.29) is 11.8 Å². The molecule has 0 bridgehead atoms. The van der Waals surface area contributed by atoms with Crippen molar-refractivity contribution in [1.82, 2.24) is 14.9 Å². The summed E-state index contributed by atoms with van der Waals surface area (Å²) in [7, 11) is 0. The van der Waals surface area contributed by atoms with Crippen LogP contribution in [0, 0.1) is 12.7 Å². The number of piperazine rings is 1. The van der Waals surface area contributed by atoms with Crippen molar-refractivity contribution in [2.45, 2.75) is 6.92 Å². The van der Waals surface area contributed by atoms with Crippen LogP contribution >= 0.6 is 0 Å². The van der Waals surface area contributed by atoms with E-state index >= 15 is 0 Å². The van der Waals surface area contributed by atoms with E-state index in [4.69, 9.17) is 9.72 Å². The largest absolute Gasteiger partial charge is 0.378 e. The zero-order chi connectivity index (χ0) is 20.2. The van der Waals surface area contributed by atoms with E-state index in [0.717, 1.165) is 18.9 Å². The van der Waals surface area contributed by atoms with Crippen LogP contribution in [-0.4, -0.2) is 73.4 Å². The summed E-state index contributed by atoms with van der Waals surface area (Å²) in [6.07, 6.45) is 1.78. The first-order valence-electron chi connectivity index (χ1n) is 9.83. The second-order valence-corrected chi connectivity index (χ2v) is 7.13. The summed E-state index contributed by atoms with van der Waals surface area (Å²) in [6.45, 7) is 7.09. The van der Waals surface area contributed by atoms with Crippen molar-refractivity contribution in [3.63, 3.8) is 0 Å². The zero-order valence-corrected chi connectivity index (χ0v) is 16.5. The summed E-state index contributed by atoms with van der Waals surface area (Å²) in [5.74, 6) is 1.25. The Kier molecular flexibility index (Phi) is 5.75. The van der Waals surface area contributed by atoms with Gasteiger partial charge in [0.15, 0.2) is 0 Å². The fourth-order valence-electron chi connectivity index (χ4n) is 3.51. The SMILES string of the molecule is Cc1c(F)cccc1NC(=O)N1CCN(c2ccnc(N3CCOCC3)n2)CC1. The molecule has 4 rings (SSSR count). The maximum absolute atomic E-state index is 13.7. The number of hydrogen-bond acceptors (Lipinski definition) is 6. The molecule has 2 aliphatic rings. The molecule has 0 radical (unpaired) electrons. The number of ether oxygens (including phenoxy) is 1. The van der Waals surface area contributed by atoms with Gasteiger partial charge < -0.3 is 24.8 Å². The van der Waals surface area contributed by atoms with Crippen LogP contribution in [0.4, 0.5) is 26.6 Å². The molecule has 9 heteroatoms. The van der Waals surface area contributed by atoms with Gasteiger partial charge in [0.2, 0.25) is 5.95 Å². The number of hydrogen-bond donors (Lipinski definition) is 1. The van der Waals surface area contributed by atoms with E-state index in [0.29, 0.717) is 56.6 Å². The zero-order valence-electron chi connectivity index (χ0n) is 16.5. The van der Waals surface area contributed by atoms with Gasteiger partial charge in [-0.25, -0.2) is 14.2 Å². The van der Waals surface area contributed by atoms with E-state index in [9.17, 15) is 9.18 Å². The van der Waals surface area contributed by atoms with Gasteiger partial charge in [-0.2, -0.15) is 4.98 Å². The lowest BCUT2D eigenvalue weighted by molar-refractivity contribution is 0.122. The van der Waals surface area contributed by atoms with Crippen LogP contribution in [0.2, 0.25) is 0 Å². The normalized spacial score (nSPS) is 17.4. The molecule has 1 aromatic heterocycles. The van der Waals surface area contributed by atoms with Crippen molar-refractivity contribution in [3.8, 4) is 0 Å². The number of amides is 2. The van der Waals surface area contributed by atoms with Crippen LogP contribution in [0.1, 0.15) is 5.56 Å². The number of carbonyl (C=O) groups is 1. The molecule has 0 spiro atoms. The van der Waals surface area contributed by atoms with Crippen molar-refractivity contribution >= 4 is 23.5 Å². The molecule has 1 aromatic carbocycles. The number of nitrogens with one attached hydrogen (secondary N) is 1. The van der Waals surface area contributed by atoms with Gasteiger partial charge in [-0.3, -0.25) is 0 Å². The number of aromatic nitrogens is 2. The van der Waals surface area contributed by atoms with Crippen LogP contribution in [-0.2, 0) is 4.74 Å². The molecule has 0 atom stereocenters. The Balaban J connectivity index is 1.35. The van der Waals surface area contributed by atoms with E-state index < -0.39 is 0 Å². The molecular weight excluding hydrogens is 375 g/mol. The second kappa shape index (κ2) is 8.60. The van der Waals surface area contributed by atoms with Crippen LogP contribution in [0.5, 0.6) is 0 Å². The van der Waals surface area contributed by atoms with Gasteiger partial charge in [-0.15, -0.1) is 0 Å². The van der Waals surface area contributed by atoms with Crippen molar-refractivity contribution in [2.75, 3.05) is 67.6 Å². The molecule has 0 saturated carbocycles. The minimum Gasteiger partial charge on any atom is -0.378 e. The molecule has 29 heavy (non-hydrogen) atoms. The molecule has 2 saturated heterocycles. The lowest BCUT2D eigenvalue weighted by Gasteiger charge is -2.36. The van der Waals surface area contributed by atoms with Gasteiger partial charge in [-0.1, -0.05) is 6.07 Å². The van der Waals surface area contributed by atoms with Gasteiger partial charge in [0, 0.05) is 56.7 Å². The number of nitrogens with zero attached hydrogens (tertiary/aromatic N) is 5. The van der Waals surface area contributed by atoms with Crippen molar-refractivity contribution in [2.24, 2.45) is 0 Å². The fraction of sp³-hybridized carbons (Fsp3) is 0.450. The smallest absolute Gasteiger partial charge is 0.321 e. The lowest BCUT2D eigenvalue weighted by atomic mass is 10.2. The number of anilines is 3. The first-order chi connectivity index (χ1) is 14.1. The Hall–Kier alpha value is -2.94. The van der Waals surface area contributed by atoms with Crippen molar-refractivity contribution < 1.29 is 13.9 Å². The highest BCUT2D eigenvalue weighted by atomic mass is 19.1. The van der Waals surface area contributed by atoms with Crippen molar-refractivity contribution in [3.05, 3.63) is 41.8 Å². The second-order valence-electron chi connectivity index (χ2n) is 7.13. The maximum atomic E-state index is 13.7. The Morgan fingerprint density at radius 3 is 2.59 bits per heavy atom. The third kappa shape index (κ3) is 4.40. The highest BCUT2D eigenvalue weighted by Crippen LogP contribution is 2.20. The minimum atomic E-state index is -0.326. The Morgan fingerprint density at radius 1 is 1.07 bits per heavy atom. The van der Waals surface area contributed by atoms with Crippen molar-refractivity contribution in [1.29, 1.82) is 0 Å². The van der Waals surface area contributed by atoms with Gasteiger partial charge in [0.05, 0.1) is 13.2 Å². The number of carbonyl (C=O) groups excluding carboxylic acids is 1. The van der Waals surface area contributed by atoms with Crippen LogP contribution in [0.15, 0.2) is 30.5 Å². The van der Waals surface area contributed by atoms with Gasteiger partial charge in [0.1, 0.15) is 11.6 Å². The molecule has 1 N–H and O–H groups in total. The summed E-state index contributed by atoms with van der Waals surface area (Å²) in [6, 6.07) is 6.37. The van der Waals surface area contributed by atoms with Crippen LogP contribution < -0.4 is 15.1 Å². The summed E-state index contributed by atoms with van der Waals surface area (Å²) < 4.78 is 19.1. The Morgan fingerprint density at radius 2 is 1.83 bits per heavy atom. The number of urea groups is 1. The predicted octanol–water partition coefficient (Wildman–Crippen LogP) is 2.11. The number of morpholine rings is 1. The maximum Gasteiger partial charge on any atom is 0.321 e. The van der Waals surface area contributed by atoms with E-state index in [1.54, 1.807) is 30.2 Å². The Bertz CT molecular complexity index is 866. The third-order valence-corrected chi connectivity index (χ3v) is 5.32. The molecular formula is C20H25FN6O2. The molecule has 2 aromatic rings. The molecule has 2 aliphatic heterocycles. The first-order valence-corrected chi connectivity index (χ1v) is 9.83. The van der Waals surface area contributed by atoms with Crippen LogP contribution in [0.25, 0.3) is 0 Å². The highest BCUT2D eigenvalue weighted by Gasteiger charge is 2.23. The minimum absolute atomic E-state index is 0.213. The summed E-state index contributed by atoms with van der Waals surface area (Å²) >= 11 is 0. The third-order valence-electron chi connectivity index (χ3n) is 5.32. The number of halogens is 1. The average molecular weight is 400 g/mol. The standard InChI is InChI=1S/C20H25FN6O2/c1-15-16(21)3-2-4-17(15)23-20(28)27-9-7-25(8-10-27)18-5-6-22-19(24-18)26-11-13-29-14-12-26/h2-6H,7-14H2,1H3,(H,23,28). The highest BCUT2D eigenvalue weighted by molar-refractivity contribution is 5.90. The average Bonchev–Trinajstić information content (AvgIpc) is 2.78. The van der Waals surface area contributed by atoms with E-state index in [2.05, 4.69) is 20.1 Å². The van der Waals surface area contributed by atoms with Gasteiger partial charge in [0.25, 0.3) is 0 Å². The topological polar surface area (TPSA) is 73.8 Å². The number of benzene rings is 1. The summed E-state index contributed by atoms with van der Waals surface area (Å²) in [4.78, 5) is 27.7. The van der Waals surface area contributed by atoms with Gasteiger partial charge >= 0.3 is 6.03 Å². The fourth-order valence-corrected chi connectivity index (χ4v) is 3.51. The van der Waals surface area contributed by atoms with Crippen LogP contribution in [0.3, 0.4) is 0 Å². The lowest BCUT2D eigenvalue weighted by Crippen LogP contribution is -2.50. The van der Waals surface area contributed by atoms with E-state index in [1.807, 2.05) is 6.07 Å². The molecule has 8 nitrogen and oxygen atoms in total. The quantitative estimate of drug-likeness (QED) is 0.851.